The minimum Gasteiger partial charge on any atom is -0.484 e. The van der Waals surface area contributed by atoms with Gasteiger partial charge >= 0.3 is 0 Å². The van der Waals surface area contributed by atoms with Gasteiger partial charge in [0.2, 0.25) is 0 Å². The lowest BCUT2D eigenvalue weighted by Gasteiger charge is -2.29. The molecule has 0 spiro atoms. The van der Waals surface area contributed by atoms with Gasteiger partial charge in [-0.3, -0.25) is 4.79 Å². The van der Waals surface area contributed by atoms with Gasteiger partial charge in [0.15, 0.2) is 6.61 Å². The maximum atomic E-state index is 12.4. The number of carbonyl (C=O) groups excluding carboxylic acids is 1. The molecule has 0 aliphatic carbocycles. The maximum Gasteiger partial charge on any atom is 0.260 e. The van der Waals surface area contributed by atoms with E-state index in [1.165, 1.54) is 12.8 Å². The van der Waals surface area contributed by atoms with Crippen LogP contribution in [0.1, 0.15) is 25.7 Å². The van der Waals surface area contributed by atoms with Gasteiger partial charge in [0.05, 0.1) is 0 Å². The summed E-state index contributed by atoms with van der Waals surface area (Å²) in [7, 11) is 0. The molecule has 1 N–H and O–H groups in total. The van der Waals surface area contributed by atoms with Crippen LogP contribution in [0.5, 0.6) is 5.75 Å². The van der Waals surface area contributed by atoms with Gasteiger partial charge < -0.3 is 15.0 Å². The van der Waals surface area contributed by atoms with E-state index in [9.17, 15) is 4.79 Å². The van der Waals surface area contributed by atoms with Crippen molar-refractivity contribution in [3.05, 3.63) is 29.3 Å². The zero-order valence-corrected chi connectivity index (χ0v) is 12.8. The van der Waals surface area contributed by atoms with Crippen LogP contribution in [0.3, 0.4) is 0 Å². The van der Waals surface area contributed by atoms with Crippen LogP contribution in [0.4, 0.5) is 0 Å². The Morgan fingerprint density at radius 1 is 1.38 bits per heavy atom. The lowest BCUT2D eigenvalue weighted by molar-refractivity contribution is -0.134. The van der Waals surface area contributed by atoms with Crippen molar-refractivity contribution in [2.24, 2.45) is 0 Å². The van der Waals surface area contributed by atoms with Crippen molar-refractivity contribution < 1.29 is 9.53 Å². The lowest BCUT2D eigenvalue weighted by Crippen LogP contribution is -2.48. The van der Waals surface area contributed by atoms with Gasteiger partial charge in [-0.2, -0.15) is 0 Å². The molecule has 3 rings (SSSR count). The zero-order valence-electron chi connectivity index (χ0n) is 12.1. The van der Waals surface area contributed by atoms with Crippen LogP contribution < -0.4 is 10.1 Å². The fourth-order valence-corrected chi connectivity index (χ4v) is 3.53. The molecule has 2 aliphatic rings. The van der Waals surface area contributed by atoms with E-state index in [1.54, 1.807) is 12.1 Å². The topological polar surface area (TPSA) is 41.6 Å². The number of halogens is 1. The minimum atomic E-state index is 0.0752. The summed E-state index contributed by atoms with van der Waals surface area (Å²) in [6.07, 6.45) is 4.57. The molecule has 2 aliphatic heterocycles. The molecule has 2 saturated heterocycles. The summed E-state index contributed by atoms with van der Waals surface area (Å²) < 4.78 is 5.58. The molecule has 0 radical (unpaired) electrons. The first-order chi connectivity index (χ1) is 10.2. The molecule has 2 heterocycles. The zero-order chi connectivity index (χ0) is 14.7. The molecule has 1 aromatic carbocycles. The number of amides is 1. The van der Waals surface area contributed by atoms with E-state index >= 15 is 0 Å². The van der Waals surface area contributed by atoms with Crippen molar-refractivity contribution in [3.8, 4) is 5.75 Å². The fourth-order valence-electron chi connectivity index (χ4n) is 3.35. The molecule has 1 aromatic rings. The second-order valence-corrected chi connectivity index (χ2v) is 6.18. The highest BCUT2D eigenvalue weighted by molar-refractivity contribution is 6.30. The number of nitrogens with zero attached hydrogens (tertiary/aromatic N) is 1. The first-order valence-electron chi connectivity index (χ1n) is 7.65. The molecular formula is C16H21ClN2O2. The van der Waals surface area contributed by atoms with Crippen molar-refractivity contribution in [2.75, 3.05) is 19.7 Å². The van der Waals surface area contributed by atoms with Gasteiger partial charge in [-0.15, -0.1) is 0 Å². The van der Waals surface area contributed by atoms with E-state index in [0.29, 0.717) is 22.9 Å². The first kappa shape index (κ1) is 14.7. The third-order valence-corrected chi connectivity index (χ3v) is 4.58. The second-order valence-electron chi connectivity index (χ2n) is 5.75. The summed E-state index contributed by atoms with van der Waals surface area (Å²) in [6, 6.07) is 7.96. The Labute approximate surface area is 130 Å². The average molecular weight is 309 g/mol. The van der Waals surface area contributed by atoms with E-state index in [-0.39, 0.29) is 12.5 Å². The molecule has 21 heavy (non-hydrogen) atoms. The van der Waals surface area contributed by atoms with Gasteiger partial charge in [0.25, 0.3) is 5.91 Å². The van der Waals surface area contributed by atoms with Crippen LogP contribution in [0.15, 0.2) is 24.3 Å². The van der Waals surface area contributed by atoms with Crippen LogP contribution in [-0.2, 0) is 4.79 Å². The molecule has 1 amide bonds. The number of hydrogen-bond donors (Lipinski definition) is 1. The van der Waals surface area contributed by atoms with Gasteiger partial charge in [0, 0.05) is 23.7 Å². The van der Waals surface area contributed by atoms with Crippen molar-refractivity contribution in [3.63, 3.8) is 0 Å². The van der Waals surface area contributed by atoms with Crippen LogP contribution in [0.2, 0.25) is 5.02 Å². The molecule has 5 heteroatoms. The maximum absolute atomic E-state index is 12.4. The van der Waals surface area contributed by atoms with Gasteiger partial charge in [-0.05, 0) is 50.4 Å². The minimum absolute atomic E-state index is 0.0752. The Kier molecular flexibility index (Phi) is 4.66. The van der Waals surface area contributed by atoms with Gasteiger partial charge in [-0.25, -0.2) is 0 Å². The van der Waals surface area contributed by atoms with Gasteiger partial charge in [-0.1, -0.05) is 17.7 Å². The molecule has 4 nitrogen and oxygen atoms in total. The van der Waals surface area contributed by atoms with E-state index in [2.05, 4.69) is 5.32 Å². The Balaban J connectivity index is 1.56. The molecule has 0 aromatic heterocycles. The highest BCUT2D eigenvalue weighted by Gasteiger charge is 2.35. The summed E-state index contributed by atoms with van der Waals surface area (Å²) in [5.74, 6) is 0.719. The van der Waals surface area contributed by atoms with Crippen LogP contribution in [-0.4, -0.2) is 42.6 Å². The van der Waals surface area contributed by atoms with Crippen molar-refractivity contribution >= 4 is 17.5 Å². The molecule has 0 saturated carbocycles. The number of likely N-dealkylation sites (tertiary alicyclic amines) is 1. The fraction of sp³-hybridized carbons (Fsp3) is 0.562. The van der Waals surface area contributed by atoms with E-state index in [0.717, 1.165) is 25.9 Å². The SMILES string of the molecule is O=C(COc1cccc(Cl)c1)N1CCCC1C1CCCN1. The predicted molar refractivity (Wildman–Crippen MR) is 82.7 cm³/mol. The van der Waals surface area contributed by atoms with Crippen molar-refractivity contribution in [1.29, 1.82) is 0 Å². The third kappa shape index (κ3) is 3.50. The van der Waals surface area contributed by atoms with E-state index in [1.807, 2.05) is 17.0 Å². The predicted octanol–water partition coefficient (Wildman–Crippen LogP) is 2.46. The number of benzene rings is 1. The Bertz CT molecular complexity index is 503. The Morgan fingerprint density at radius 3 is 3.05 bits per heavy atom. The number of ether oxygens (including phenoxy) is 1. The van der Waals surface area contributed by atoms with Crippen LogP contribution >= 0.6 is 11.6 Å². The molecule has 2 unspecified atom stereocenters. The number of rotatable bonds is 4. The van der Waals surface area contributed by atoms with Gasteiger partial charge in [0.1, 0.15) is 5.75 Å². The molecular weight excluding hydrogens is 288 g/mol. The highest BCUT2D eigenvalue weighted by atomic mass is 35.5. The molecule has 0 bridgehead atoms. The largest absolute Gasteiger partial charge is 0.484 e. The first-order valence-corrected chi connectivity index (χ1v) is 8.03. The molecule has 2 atom stereocenters. The second kappa shape index (κ2) is 6.67. The number of nitrogens with one attached hydrogen (secondary N) is 1. The quantitative estimate of drug-likeness (QED) is 0.929. The van der Waals surface area contributed by atoms with E-state index < -0.39 is 0 Å². The van der Waals surface area contributed by atoms with Crippen LogP contribution in [0.25, 0.3) is 0 Å². The van der Waals surface area contributed by atoms with Crippen LogP contribution in [0, 0.1) is 0 Å². The van der Waals surface area contributed by atoms with Crippen molar-refractivity contribution in [1.82, 2.24) is 10.2 Å². The Morgan fingerprint density at radius 2 is 2.29 bits per heavy atom. The van der Waals surface area contributed by atoms with E-state index in [4.69, 9.17) is 16.3 Å². The highest BCUT2D eigenvalue weighted by Crippen LogP contribution is 2.25. The summed E-state index contributed by atoms with van der Waals surface area (Å²) in [4.78, 5) is 14.4. The summed E-state index contributed by atoms with van der Waals surface area (Å²) in [6.45, 7) is 2.01. The smallest absolute Gasteiger partial charge is 0.260 e. The standard InChI is InChI=1S/C16H21ClN2O2/c17-12-4-1-5-13(10-12)21-11-16(20)19-9-3-7-15(19)14-6-2-8-18-14/h1,4-5,10,14-15,18H,2-3,6-9,11H2. The number of hydrogen-bond acceptors (Lipinski definition) is 3. The monoisotopic (exact) mass is 308 g/mol. The summed E-state index contributed by atoms with van der Waals surface area (Å²) in [5.41, 5.74) is 0. The third-order valence-electron chi connectivity index (χ3n) is 4.34. The average Bonchev–Trinajstić information content (AvgIpc) is 3.14. The molecule has 2 fully saturated rings. The summed E-state index contributed by atoms with van der Waals surface area (Å²) >= 11 is 5.91. The summed E-state index contributed by atoms with van der Waals surface area (Å²) in [5, 5.41) is 4.13. The normalized spacial score (nSPS) is 25.3. The number of carbonyl (C=O) groups is 1. The Hall–Kier alpha value is -1.26. The molecule has 114 valence electrons. The van der Waals surface area contributed by atoms with Crippen molar-refractivity contribution in [2.45, 2.75) is 37.8 Å². The lowest BCUT2D eigenvalue weighted by atomic mass is 10.0.